The Hall–Kier alpha value is -2.98. The molecule has 0 amide bonds. The standard InChI is InChI=1S/C18H19FN8S/c19-12-2-1-5-21-13(12)10-24-17-16-18(26-11-25-17)28-15(27-16)4-7-20-6-3-14-22-8-9-23-14/h1-2,5,8-9,11,20H,3-4,6-7,10H2,(H,22,23)(H,24,25,26). The SMILES string of the molecule is Fc1cccnc1CNc1ncnc2sc(CCNCCc3ncc[nH]3)nc12. The van der Waals surface area contributed by atoms with Crippen molar-refractivity contribution in [2.45, 2.75) is 19.4 Å². The van der Waals surface area contributed by atoms with Gasteiger partial charge in [-0.2, -0.15) is 0 Å². The van der Waals surface area contributed by atoms with Crippen LogP contribution in [0.3, 0.4) is 0 Å². The number of halogens is 1. The second kappa shape index (κ2) is 8.81. The third kappa shape index (κ3) is 4.46. The van der Waals surface area contributed by atoms with Gasteiger partial charge in [0, 0.05) is 44.5 Å². The zero-order valence-electron chi connectivity index (χ0n) is 15.0. The Labute approximate surface area is 164 Å². The van der Waals surface area contributed by atoms with Crippen LogP contribution in [0.4, 0.5) is 10.2 Å². The van der Waals surface area contributed by atoms with Crippen molar-refractivity contribution in [1.82, 2.24) is 35.2 Å². The number of fused-ring (bicyclic) bond motifs is 1. The predicted molar refractivity (Wildman–Crippen MR) is 106 cm³/mol. The molecule has 0 aliphatic rings. The van der Waals surface area contributed by atoms with E-state index in [1.807, 2.05) is 6.20 Å². The number of thiazole rings is 1. The smallest absolute Gasteiger partial charge is 0.157 e. The van der Waals surface area contributed by atoms with Crippen molar-refractivity contribution < 1.29 is 4.39 Å². The maximum absolute atomic E-state index is 13.7. The Morgan fingerprint density at radius 3 is 2.86 bits per heavy atom. The van der Waals surface area contributed by atoms with E-state index >= 15 is 0 Å². The van der Waals surface area contributed by atoms with E-state index in [1.54, 1.807) is 29.8 Å². The zero-order chi connectivity index (χ0) is 19.2. The number of H-pyrrole nitrogens is 1. The highest BCUT2D eigenvalue weighted by Gasteiger charge is 2.11. The minimum Gasteiger partial charge on any atom is -0.362 e. The van der Waals surface area contributed by atoms with Crippen LogP contribution in [0.25, 0.3) is 10.3 Å². The van der Waals surface area contributed by atoms with Crippen LogP contribution >= 0.6 is 11.3 Å². The lowest BCUT2D eigenvalue weighted by Crippen LogP contribution is -2.20. The van der Waals surface area contributed by atoms with E-state index in [4.69, 9.17) is 0 Å². The van der Waals surface area contributed by atoms with Gasteiger partial charge in [-0.1, -0.05) is 11.3 Å². The fourth-order valence-electron chi connectivity index (χ4n) is 2.71. The van der Waals surface area contributed by atoms with Gasteiger partial charge < -0.3 is 15.6 Å². The molecule has 0 aromatic carbocycles. The number of anilines is 1. The van der Waals surface area contributed by atoms with Crippen LogP contribution in [0.15, 0.2) is 37.1 Å². The quantitative estimate of drug-likeness (QED) is 0.372. The summed E-state index contributed by atoms with van der Waals surface area (Å²) in [6, 6.07) is 2.95. The molecule has 0 bridgehead atoms. The van der Waals surface area contributed by atoms with Gasteiger partial charge in [0.15, 0.2) is 5.82 Å². The van der Waals surface area contributed by atoms with Crippen LogP contribution in [0.1, 0.15) is 16.5 Å². The lowest BCUT2D eigenvalue weighted by Gasteiger charge is -2.05. The van der Waals surface area contributed by atoms with Gasteiger partial charge in [0.05, 0.1) is 17.2 Å². The fourth-order valence-corrected chi connectivity index (χ4v) is 3.61. The van der Waals surface area contributed by atoms with Crippen molar-refractivity contribution in [2.75, 3.05) is 18.4 Å². The maximum Gasteiger partial charge on any atom is 0.157 e. The Kier molecular flexibility index (Phi) is 5.78. The zero-order valence-corrected chi connectivity index (χ0v) is 15.8. The minimum absolute atomic E-state index is 0.236. The van der Waals surface area contributed by atoms with Gasteiger partial charge in [-0.25, -0.2) is 24.3 Å². The molecule has 0 radical (unpaired) electrons. The molecule has 0 unspecified atom stereocenters. The molecule has 0 atom stereocenters. The predicted octanol–water partition coefficient (Wildman–Crippen LogP) is 2.33. The number of pyridine rings is 1. The monoisotopic (exact) mass is 398 g/mol. The van der Waals surface area contributed by atoms with Gasteiger partial charge in [-0.3, -0.25) is 4.98 Å². The van der Waals surface area contributed by atoms with Gasteiger partial charge in [-0.15, -0.1) is 0 Å². The molecule has 0 saturated carbocycles. The second-order valence-corrected chi connectivity index (χ2v) is 7.12. The van der Waals surface area contributed by atoms with E-state index in [0.717, 1.165) is 41.6 Å². The molecule has 4 rings (SSSR count). The van der Waals surface area contributed by atoms with Crippen molar-refractivity contribution in [2.24, 2.45) is 0 Å². The topological polar surface area (TPSA) is 104 Å². The van der Waals surface area contributed by atoms with Crippen molar-refractivity contribution in [3.05, 3.63) is 59.4 Å². The first-order valence-corrected chi connectivity index (χ1v) is 9.74. The molecule has 3 N–H and O–H groups in total. The summed E-state index contributed by atoms with van der Waals surface area (Å²) in [6.07, 6.45) is 8.29. The van der Waals surface area contributed by atoms with Gasteiger partial charge in [0.25, 0.3) is 0 Å². The number of hydrogen-bond acceptors (Lipinski definition) is 8. The summed E-state index contributed by atoms with van der Waals surface area (Å²) < 4.78 is 13.7. The molecule has 8 nitrogen and oxygen atoms in total. The first-order valence-electron chi connectivity index (χ1n) is 8.92. The first-order chi connectivity index (χ1) is 13.8. The molecule has 4 heterocycles. The van der Waals surface area contributed by atoms with Crippen LogP contribution < -0.4 is 10.6 Å². The lowest BCUT2D eigenvalue weighted by atomic mass is 10.3. The van der Waals surface area contributed by atoms with E-state index in [2.05, 4.69) is 40.5 Å². The van der Waals surface area contributed by atoms with Crippen LogP contribution in [-0.2, 0) is 19.4 Å². The highest BCUT2D eigenvalue weighted by atomic mass is 32.1. The number of aromatic amines is 1. The van der Waals surface area contributed by atoms with Crippen LogP contribution in [0.5, 0.6) is 0 Å². The molecular weight excluding hydrogens is 379 g/mol. The van der Waals surface area contributed by atoms with Crippen LogP contribution in [0.2, 0.25) is 0 Å². The van der Waals surface area contributed by atoms with Crippen molar-refractivity contribution in [3.63, 3.8) is 0 Å². The lowest BCUT2D eigenvalue weighted by molar-refractivity contribution is 0.602. The summed E-state index contributed by atoms with van der Waals surface area (Å²) in [5.41, 5.74) is 1.04. The Bertz CT molecular complexity index is 1030. The van der Waals surface area contributed by atoms with Crippen LogP contribution in [0, 0.1) is 5.82 Å². The number of imidazole rings is 1. The summed E-state index contributed by atoms with van der Waals surface area (Å²) in [7, 11) is 0. The highest BCUT2D eigenvalue weighted by Crippen LogP contribution is 2.25. The Morgan fingerprint density at radius 2 is 2.00 bits per heavy atom. The molecule has 0 aliphatic carbocycles. The summed E-state index contributed by atoms with van der Waals surface area (Å²) in [4.78, 5) is 25.3. The van der Waals surface area contributed by atoms with E-state index in [9.17, 15) is 4.39 Å². The number of aromatic nitrogens is 6. The molecule has 10 heteroatoms. The number of hydrogen-bond donors (Lipinski definition) is 3. The molecule has 0 spiro atoms. The molecule has 4 aromatic rings. The van der Waals surface area contributed by atoms with Gasteiger partial charge in [-0.05, 0) is 12.1 Å². The Balaban J connectivity index is 1.34. The van der Waals surface area contributed by atoms with Crippen LogP contribution in [-0.4, -0.2) is 43.0 Å². The van der Waals surface area contributed by atoms with Gasteiger partial charge in [0.1, 0.15) is 28.3 Å². The summed E-state index contributed by atoms with van der Waals surface area (Å²) >= 11 is 1.54. The van der Waals surface area contributed by atoms with Gasteiger partial charge in [0.2, 0.25) is 0 Å². The minimum atomic E-state index is -0.347. The fraction of sp³-hybridized carbons (Fsp3) is 0.278. The van der Waals surface area contributed by atoms with E-state index in [0.29, 0.717) is 17.0 Å². The number of nitrogens with zero attached hydrogens (tertiary/aromatic N) is 5. The molecule has 0 saturated heterocycles. The molecule has 28 heavy (non-hydrogen) atoms. The van der Waals surface area contributed by atoms with E-state index < -0.39 is 0 Å². The van der Waals surface area contributed by atoms with Crippen molar-refractivity contribution >= 4 is 27.5 Å². The number of rotatable bonds is 9. The van der Waals surface area contributed by atoms with Gasteiger partial charge >= 0.3 is 0 Å². The largest absolute Gasteiger partial charge is 0.362 e. The normalized spacial score (nSPS) is 11.2. The van der Waals surface area contributed by atoms with Crippen molar-refractivity contribution in [1.29, 1.82) is 0 Å². The van der Waals surface area contributed by atoms with E-state index in [-0.39, 0.29) is 12.4 Å². The third-order valence-electron chi connectivity index (χ3n) is 4.11. The average Bonchev–Trinajstić information content (AvgIpc) is 3.36. The Morgan fingerprint density at radius 1 is 1.07 bits per heavy atom. The van der Waals surface area contributed by atoms with E-state index in [1.165, 1.54) is 12.4 Å². The maximum atomic E-state index is 13.7. The molecule has 0 aliphatic heterocycles. The highest BCUT2D eigenvalue weighted by molar-refractivity contribution is 7.18. The number of nitrogens with one attached hydrogen (secondary N) is 3. The second-order valence-electron chi connectivity index (χ2n) is 6.05. The summed E-state index contributed by atoms with van der Waals surface area (Å²) in [5.74, 6) is 1.21. The molecule has 0 fully saturated rings. The summed E-state index contributed by atoms with van der Waals surface area (Å²) in [6.45, 7) is 1.90. The average molecular weight is 398 g/mol. The molecular formula is C18H19FN8S. The molecule has 4 aromatic heterocycles. The van der Waals surface area contributed by atoms with Crippen molar-refractivity contribution in [3.8, 4) is 0 Å². The third-order valence-corrected chi connectivity index (χ3v) is 5.13. The first kappa shape index (κ1) is 18.4. The molecule has 144 valence electrons. The summed E-state index contributed by atoms with van der Waals surface area (Å²) in [5, 5.41) is 7.48.